The average molecular weight is 497 g/mol. The lowest BCUT2D eigenvalue weighted by atomic mass is 9.94. The third kappa shape index (κ3) is 3.59. The molecule has 6 nitrogen and oxygen atoms in total. The molecule has 3 aromatic carbocycles. The van der Waals surface area contributed by atoms with Crippen LogP contribution < -0.4 is 0 Å². The summed E-state index contributed by atoms with van der Waals surface area (Å²) in [5.74, 6) is 1.76. The van der Waals surface area contributed by atoms with Crippen LogP contribution in [0.5, 0.6) is 0 Å². The summed E-state index contributed by atoms with van der Waals surface area (Å²) < 4.78 is 0. The minimum absolute atomic E-state index is 0.365. The molecule has 0 atom stereocenters. The van der Waals surface area contributed by atoms with Crippen LogP contribution >= 0.6 is 0 Å². The molecule has 0 saturated carbocycles. The minimum Gasteiger partial charge on any atom is -0.342 e. The van der Waals surface area contributed by atoms with E-state index in [4.69, 9.17) is 19.9 Å². The van der Waals surface area contributed by atoms with Gasteiger partial charge in [-0.25, -0.2) is 9.97 Å². The van der Waals surface area contributed by atoms with E-state index in [2.05, 4.69) is 86.2 Å². The van der Waals surface area contributed by atoms with E-state index in [1.54, 1.807) is 12.4 Å². The highest BCUT2D eigenvalue weighted by Gasteiger charge is 2.24. The normalized spacial score (nSPS) is 13.3. The van der Waals surface area contributed by atoms with Gasteiger partial charge < -0.3 is 4.98 Å². The van der Waals surface area contributed by atoms with Crippen molar-refractivity contribution in [2.24, 2.45) is 10.9 Å². The Hall–Kier alpha value is -4.45. The molecule has 0 aliphatic carbocycles. The van der Waals surface area contributed by atoms with Crippen molar-refractivity contribution in [3.8, 4) is 22.5 Å². The summed E-state index contributed by atoms with van der Waals surface area (Å²) in [5.41, 5.74) is 10.3. The van der Waals surface area contributed by atoms with E-state index in [9.17, 15) is 0 Å². The van der Waals surface area contributed by atoms with Crippen molar-refractivity contribution >= 4 is 44.1 Å². The largest absolute Gasteiger partial charge is 0.342 e. The molecule has 0 fully saturated rings. The highest BCUT2D eigenvalue weighted by Crippen LogP contribution is 2.42. The van der Waals surface area contributed by atoms with Crippen molar-refractivity contribution in [2.75, 3.05) is 0 Å². The molecule has 7 rings (SSSR count). The first-order chi connectivity index (χ1) is 18.5. The summed E-state index contributed by atoms with van der Waals surface area (Å²) in [7, 11) is 0. The molecule has 0 radical (unpaired) electrons. The van der Waals surface area contributed by atoms with Crippen molar-refractivity contribution in [2.45, 2.75) is 40.0 Å². The van der Waals surface area contributed by atoms with Crippen LogP contribution in [-0.2, 0) is 6.42 Å². The van der Waals surface area contributed by atoms with Gasteiger partial charge in [-0.2, -0.15) is 0 Å². The molecule has 0 saturated heterocycles. The highest BCUT2D eigenvalue weighted by atomic mass is 14.9. The number of hydrogen-bond acceptors (Lipinski definition) is 5. The number of hydrogen-bond donors (Lipinski definition) is 1. The molecule has 1 aliphatic heterocycles. The number of nitrogens with zero attached hydrogens (tertiary/aromatic N) is 5. The topological polar surface area (TPSA) is 79.7 Å². The summed E-state index contributed by atoms with van der Waals surface area (Å²) in [6.07, 6.45) is 6.29. The summed E-state index contributed by atoms with van der Waals surface area (Å²) in [6.45, 7) is 8.68. The summed E-state index contributed by atoms with van der Waals surface area (Å²) in [6, 6.07) is 17.2. The number of pyridine rings is 1. The standard InChI is InChI=1S/C32H28N6/c1-17(2)27-15-24-22-8-5-21(14-23(22)29-31(30(24)37-27)34-12-11-33-29)26-9-6-19-13-20(7-10-25(19)36-26)28-16-35-32(38-28)18(3)4/h5-14,16-18H,15H2,1-4H3,(H,35,38). The number of fused-ring (bicyclic) bond motifs is 7. The second-order valence-electron chi connectivity index (χ2n) is 10.7. The zero-order valence-electron chi connectivity index (χ0n) is 21.9. The SMILES string of the molecule is CC(C)C1=Nc2c(c3ccc(-c4ccc5cc(-c6cnc(C(C)C)[nH]6)ccc5n4)cc3c3nccnc23)C1. The van der Waals surface area contributed by atoms with E-state index in [-0.39, 0.29) is 0 Å². The van der Waals surface area contributed by atoms with Gasteiger partial charge in [-0.15, -0.1) is 0 Å². The van der Waals surface area contributed by atoms with Crippen LogP contribution in [-0.4, -0.2) is 30.6 Å². The Morgan fingerprint density at radius 3 is 2.37 bits per heavy atom. The molecule has 0 amide bonds. The van der Waals surface area contributed by atoms with Crippen LogP contribution in [0.25, 0.3) is 55.2 Å². The van der Waals surface area contributed by atoms with E-state index in [1.807, 2.05) is 6.20 Å². The van der Waals surface area contributed by atoms with Crippen molar-refractivity contribution in [3.63, 3.8) is 0 Å². The number of rotatable bonds is 4. The van der Waals surface area contributed by atoms with Crippen LogP contribution in [0.15, 0.2) is 72.1 Å². The van der Waals surface area contributed by atoms with Gasteiger partial charge in [0.25, 0.3) is 0 Å². The van der Waals surface area contributed by atoms with Gasteiger partial charge >= 0.3 is 0 Å². The smallest absolute Gasteiger partial charge is 0.115 e. The monoisotopic (exact) mass is 496 g/mol. The Labute approximate surface area is 220 Å². The molecule has 6 aromatic rings. The predicted octanol–water partition coefficient (Wildman–Crippen LogP) is 7.80. The van der Waals surface area contributed by atoms with E-state index >= 15 is 0 Å². The van der Waals surface area contributed by atoms with Crippen LogP contribution in [0.2, 0.25) is 0 Å². The van der Waals surface area contributed by atoms with Gasteiger partial charge in [-0.3, -0.25) is 15.0 Å². The van der Waals surface area contributed by atoms with E-state index in [1.165, 1.54) is 16.7 Å². The lowest BCUT2D eigenvalue weighted by molar-refractivity contribution is 0.795. The molecule has 1 N–H and O–H groups in total. The second-order valence-corrected chi connectivity index (χ2v) is 10.7. The van der Waals surface area contributed by atoms with Crippen LogP contribution in [0.1, 0.15) is 45.0 Å². The fraction of sp³-hybridized carbons (Fsp3) is 0.219. The Balaban J connectivity index is 1.32. The second kappa shape index (κ2) is 8.55. The lowest BCUT2D eigenvalue weighted by Gasteiger charge is -2.11. The summed E-state index contributed by atoms with van der Waals surface area (Å²) >= 11 is 0. The maximum absolute atomic E-state index is 5.02. The number of aromatic nitrogens is 5. The molecule has 0 unspecified atom stereocenters. The molecule has 1 aliphatic rings. The Kier molecular flexibility index (Phi) is 5.11. The van der Waals surface area contributed by atoms with E-state index in [0.29, 0.717) is 11.8 Å². The predicted molar refractivity (Wildman–Crippen MR) is 155 cm³/mol. The first-order valence-corrected chi connectivity index (χ1v) is 13.2. The number of imidazole rings is 1. The van der Waals surface area contributed by atoms with Crippen molar-refractivity contribution in [3.05, 3.63) is 78.5 Å². The number of aliphatic imine (C=N–C) groups is 1. The van der Waals surface area contributed by atoms with Gasteiger partial charge in [-0.05, 0) is 41.1 Å². The van der Waals surface area contributed by atoms with Crippen LogP contribution in [0, 0.1) is 5.92 Å². The minimum atomic E-state index is 0.365. The lowest BCUT2D eigenvalue weighted by Crippen LogP contribution is -2.06. The molecule has 6 heteroatoms. The van der Waals surface area contributed by atoms with Gasteiger partial charge in [0.1, 0.15) is 11.3 Å². The first-order valence-electron chi connectivity index (χ1n) is 13.2. The average Bonchev–Trinajstić information content (AvgIpc) is 3.61. The Bertz CT molecular complexity index is 1910. The molecule has 186 valence electrons. The fourth-order valence-electron chi connectivity index (χ4n) is 5.37. The number of aromatic amines is 1. The fourth-order valence-corrected chi connectivity index (χ4v) is 5.37. The zero-order chi connectivity index (χ0) is 26.0. The molecule has 0 bridgehead atoms. The van der Waals surface area contributed by atoms with E-state index in [0.717, 1.165) is 67.8 Å². The Morgan fingerprint density at radius 2 is 1.58 bits per heavy atom. The third-order valence-corrected chi connectivity index (χ3v) is 7.53. The molecule has 4 heterocycles. The Morgan fingerprint density at radius 1 is 0.763 bits per heavy atom. The van der Waals surface area contributed by atoms with Crippen LogP contribution in [0.4, 0.5) is 5.69 Å². The van der Waals surface area contributed by atoms with Crippen LogP contribution in [0.3, 0.4) is 0 Å². The van der Waals surface area contributed by atoms with Crippen molar-refractivity contribution in [1.82, 2.24) is 24.9 Å². The highest BCUT2D eigenvalue weighted by molar-refractivity contribution is 6.16. The van der Waals surface area contributed by atoms with Gasteiger partial charge in [0.15, 0.2) is 0 Å². The molecule has 3 aromatic heterocycles. The van der Waals surface area contributed by atoms with Gasteiger partial charge in [0.05, 0.1) is 34.3 Å². The maximum atomic E-state index is 5.02. The number of benzene rings is 3. The van der Waals surface area contributed by atoms with Gasteiger partial charge in [-0.1, -0.05) is 52.0 Å². The van der Waals surface area contributed by atoms with Gasteiger partial charge in [0, 0.05) is 52.3 Å². The maximum Gasteiger partial charge on any atom is 0.115 e. The zero-order valence-corrected chi connectivity index (χ0v) is 21.9. The quantitative estimate of drug-likeness (QED) is 0.253. The molecule has 0 spiro atoms. The number of nitrogens with one attached hydrogen (secondary N) is 1. The van der Waals surface area contributed by atoms with Gasteiger partial charge in [0.2, 0.25) is 0 Å². The first kappa shape index (κ1) is 22.7. The molecular weight excluding hydrogens is 468 g/mol. The third-order valence-electron chi connectivity index (χ3n) is 7.53. The van der Waals surface area contributed by atoms with Crippen molar-refractivity contribution < 1.29 is 0 Å². The van der Waals surface area contributed by atoms with Crippen molar-refractivity contribution in [1.29, 1.82) is 0 Å². The molecule has 38 heavy (non-hydrogen) atoms. The number of H-pyrrole nitrogens is 1. The van der Waals surface area contributed by atoms with E-state index < -0.39 is 0 Å². The summed E-state index contributed by atoms with van der Waals surface area (Å²) in [5, 5.41) is 3.39. The summed E-state index contributed by atoms with van der Waals surface area (Å²) in [4.78, 5) is 27.4. The molecular formula is C32H28N6.